The molecule has 1 aromatic heterocycles. The molecular weight excluding hydrogens is 388 g/mol. The van der Waals surface area contributed by atoms with Crippen molar-refractivity contribution in [3.63, 3.8) is 0 Å². The molecule has 0 radical (unpaired) electrons. The van der Waals surface area contributed by atoms with E-state index >= 15 is 0 Å². The standard InChI is InChI=1S/C17H21BrN4OS/c1-10(2)16-20-21-17(22(16)12-5-6-12)24-9-15(23)19-14-7-4-11(3)8-13(14)18/h4,7-8,10,12H,5-6,9H2,1-3H3,(H,19,23). The lowest BCUT2D eigenvalue weighted by molar-refractivity contribution is -0.113. The Morgan fingerprint density at radius 1 is 1.42 bits per heavy atom. The van der Waals surface area contributed by atoms with Crippen molar-refractivity contribution < 1.29 is 4.79 Å². The Labute approximate surface area is 154 Å². The SMILES string of the molecule is Cc1ccc(NC(=O)CSc2nnc(C(C)C)n2C2CC2)c(Br)c1. The highest BCUT2D eigenvalue weighted by Crippen LogP contribution is 2.40. The van der Waals surface area contributed by atoms with Crippen LogP contribution in [0.25, 0.3) is 0 Å². The fourth-order valence-electron chi connectivity index (χ4n) is 2.49. The molecule has 1 heterocycles. The van der Waals surface area contributed by atoms with Crippen molar-refractivity contribution in [2.24, 2.45) is 0 Å². The second-order valence-corrected chi connectivity index (χ2v) is 8.21. The Kier molecular flexibility index (Phi) is 5.30. The number of thioether (sulfide) groups is 1. The van der Waals surface area contributed by atoms with E-state index in [9.17, 15) is 4.79 Å². The predicted molar refractivity (Wildman–Crippen MR) is 101 cm³/mol. The number of hydrogen-bond acceptors (Lipinski definition) is 4. The summed E-state index contributed by atoms with van der Waals surface area (Å²) in [6.07, 6.45) is 2.35. The third-order valence-electron chi connectivity index (χ3n) is 3.85. The molecule has 1 N–H and O–H groups in total. The summed E-state index contributed by atoms with van der Waals surface area (Å²) in [5.41, 5.74) is 1.94. The molecule has 3 rings (SSSR count). The van der Waals surface area contributed by atoms with Gasteiger partial charge in [-0.1, -0.05) is 31.7 Å². The highest BCUT2D eigenvalue weighted by Gasteiger charge is 2.30. The van der Waals surface area contributed by atoms with Gasteiger partial charge >= 0.3 is 0 Å². The van der Waals surface area contributed by atoms with Crippen molar-refractivity contribution in [3.05, 3.63) is 34.1 Å². The molecule has 1 amide bonds. The van der Waals surface area contributed by atoms with E-state index in [0.29, 0.717) is 17.7 Å². The number of amides is 1. The lowest BCUT2D eigenvalue weighted by atomic mass is 10.2. The van der Waals surface area contributed by atoms with Crippen LogP contribution in [0.15, 0.2) is 27.8 Å². The smallest absolute Gasteiger partial charge is 0.234 e. The highest BCUT2D eigenvalue weighted by molar-refractivity contribution is 9.10. The van der Waals surface area contributed by atoms with Crippen molar-refractivity contribution in [2.75, 3.05) is 11.1 Å². The summed E-state index contributed by atoms with van der Waals surface area (Å²) in [4.78, 5) is 12.3. The molecular formula is C17H21BrN4OS. The third kappa shape index (κ3) is 4.00. The van der Waals surface area contributed by atoms with Crippen molar-refractivity contribution in [1.29, 1.82) is 0 Å². The topological polar surface area (TPSA) is 59.8 Å². The average Bonchev–Trinajstić information content (AvgIpc) is 3.27. The maximum Gasteiger partial charge on any atom is 0.234 e. The molecule has 1 saturated carbocycles. The van der Waals surface area contributed by atoms with E-state index < -0.39 is 0 Å². The number of aryl methyl sites for hydroxylation is 1. The van der Waals surface area contributed by atoms with E-state index in [1.54, 1.807) is 0 Å². The van der Waals surface area contributed by atoms with Crippen LogP contribution in [0.5, 0.6) is 0 Å². The maximum atomic E-state index is 12.3. The Balaban J connectivity index is 1.64. The van der Waals surface area contributed by atoms with Gasteiger partial charge in [0, 0.05) is 16.4 Å². The van der Waals surface area contributed by atoms with Crippen LogP contribution in [0.3, 0.4) is 0 Å². The Morgan fingerprint density at radius 2 is 2.17 bits per heavy atom. The fraction of sp³-hybridized carbons (Fsp3) is 0.471. The van der Waals surface area contributed by atoms with E-state index in [0.717, 1.165) is 26.7 Å². The van der Waals surface area contributed by atoms with Gasteiger partial charge in [0.05, 0.1) is 11.4 Å². The molecule has 1 aliphatic rings. The molecule has 5 nitrogen and oxygen atoms in total. The lowest BCUT2D eigenvalue weighted by Crippen LogP contribution is -2.15. The molecule has 1 aromatic carbocycles. The van der Waals surface area contributed by atoms with Crippen molar-refractivity contribution in [1.82, 2.24) is 14.8 Å². The molecule has 7 heteroatoms. The number of benzene rings is 1. The molecule has 0 unspecified atom stereocenters. The lowest BCUT2D eigenvalue weighted by Gasteiger charge is -2.11. The van der Waals surface area contributed by atoms with E-state index in [1.807, 2.05) is 25.1 Å². The number of halogens is 1. The number of hydrogen-bond donors (Lipinski definition) is 1. The zero-order chi connectivity index (χ0) is 17.3. The first-order valence-corrected chi connectivity index (χ1v) is 9.87. The van der Waals surface area contributed by atoms with Crippen LogP contribution in [-0.2, 0) is 4.79 Å². The molecule has 0 aliphatic heterocycles. The summed E-state index contributed by atoms with van der Waals surface area (Å²) in [5, 5.41) is 12.4. The van der Waals surface area contributed by atoms with Crippen LogP contribution >= 0.6 is 27.7 Å². The van der Waals surface area contributed by atoms with Crippen molar-refractivity contribution in [3.8, 4) is 0 Å². The zero-order valence-electron chi connectivity index (χ0n) is 14.0. The quantitative estimate of drug-likeness (QED) is 0.712. The molecule has 2 aromatic rings. The Morgan fingerprint density at radius 3 is 2.79 bits per heavy atom. The van der Waals surface area contributed by atoms with Crippen LogP contribution in [0.1, 0.15) is 50.0 Å². The van der Waals surface area contributed by atoms with E-state index in [4.69, 9.17) is 0 Å². The minimum absolute atomic E-state index is 0.0407. The number of nitrogens with one attached hydrogen (secondary N) is 1. The summed E-state index contributed by atoms with van der Waals surface area (Å²) < 4.78 is 3.11. The molecule has 0 bridgehead atoms. The first-order valence-electron chi connectivity index (χ1n) is 8.09. The van der Waals surface area contributed by atoms with Gasteiger partial charge in [-0.05, 0) is 53.4 Å². The molecule has 1 aliphatic carbocycles. The van der Waals surface area contributed by atoms with E-state index in [1.165, 1.54) is 24.6 Å². The van der Waals surface area contributed by atoms with Gasteiger partial charge in [-0.3, -0.25) is 4.79 Å². The number of anilines is 1. The normalized spacial score (nSPS) is 14.2. The number of rotatable bonds is 6. The van der Waals surface area contributed by atoms with Gasteiger partial charge in [0.25, 0.3) is 0 Å². The molecule has 0 atom stereocenters. The number of aromatic nitrogens is 3. The second kappa shape index (κ2) is 7.27. The minimum atomic E-state index is -0.0407. The number of carbonyl (C=O) groups excluding carboxylic acids is 1. The first-order chi connectivity index (χ1) is 11.5. The first kappa shape index (κ1) is 17.5. The second-order valence-electron chi connectivity index (χ2n) is 6.42. The molecule has 0 spiro atoms. The van der Waals surface area contributed by atoms with Gasteiger partial charge in [0.2, 0.25) is 5.91 Å². The maximum absolute atomic E-state index is 12.3. The predicted octanol–water partition coefficient (Wildman–Crippen LogP) is 4.54. The molecule has 1 fully saturated rings. The monoisotopic (exact) mass is 408 g/mol. The summed E-state index contributed by atoms with van der Waals surface area (Å²) in [7, 11) is 0. The van der Waals surface area contributed by atoms with Crippen LogP contribution in [0, 0.1) is 6.92 Å². The summed E-state index contributed by atoms with van der Waals surface area (Å²) in [6, 6.07) is 6.38. The Bertz CT molecular complexity index is 755. The van der Waals surface area contributed by atoms with Crippen molar-refractivity contribution >= 4 is 39.3 Å². The van der Waals surface area contributed by atoms with Crippen LogP contribution in [-0.4, -0.2) is 26.4 Å². The summed E-state index contributed by atoms with van der Waals surface area (Å²) >= 11 is 4.93. The van der Waals surface area contributed by atoms with E-state index in [2.05, 4.69) is 49.9 Å². The largest absolute Gasteiger partial charge is 0.324 e. The van der Waals surface area contributed by atoms with Crippen molar-refractivity contribution in [2.45, 2.75) is 50.7 Å². The zero-order valence-corrected chi connectivity index (χ0v) is 16.4. The van der Waals surface area contributed by atoms with Gasteiger partial charge in [0.1, 0.15) is 5.82 Å². The summed E-state index contributed by atoms with van der Waals surface area (Å²) in [6.45, 7) is 6.27. The van der Waals surface area contributed by atoms with Crippen LogP contribution in [0.2, 0.25) is 0 Å². The summed E-state index contributed by atoms with van der Waals surface area (Å²) in [5.74, 6) is 1.64. The highest BCUT2D eigenvalue weighted by atomic mass is 79.9. The van der Waals surface area contributed by atoms with Crippen LogP contribution < -0.4 is 5.32 Å². The Hall–Kier alpha value is -1.34. The number of carbonyl (C=O) groups is 1. The van der Waals surface area contributed by atoms with Gasteiger partial charge in [-0.2, -0.15) is 0 Å². The third-order valence-corrected chi connectivity index (χ3v) is 5.45. The molecule has 0 saturated heterocycles. The van der Waals surface area contributed by atoms with Gasteiger partial charge < -0.3 is 9.88 Å². The van der Waals surface area contributed by atoms with E-state index in [-0.39, 0.29) is 5.91 Å². The van der Waals surface area contributed by atoms with Gasteiger partial charge in [-0.25, -0.2) is 0 Å². The minimum Gasteiger partial charge on any atom is -0.324 e. The molecule has 128 valence electrons. The fourth-order valence-corrected chi connectivity index (χ4v) is 3.90. The average molecular weight is 409 g/mol. The van der Waals surface area contributed by atoms with Crippen LogP contribution in [0.4, 0.5) is 5.69 Å². The number of nitrogens with zero attached hydrogens (tertiary/aromatic N) is 3. The molecule has 24 heavy (non-hydrogen) atoms. The van der Waals surface area contributed by atoms with Gasteiger partial charge in [-0.15, -0.1) is 10.2 Å². The van der Waals surface area contributed by atoms with Gasteiger partial charge in [0.15, 0.2) is 5.16 Å².